The lowest BCUT2D eigenvalue weighted by Gasteiger charge is -2.05. The quantitative estimate of drug-likeness (QED) is 0.700. The first-order chi connectivity index (χ1) is 6.24. The van der Waals surface area contributed by atoms with Crippen LogP contribution in [-0.2, 0) is 11.2 Å². The number of aromatic nitrogens is 2. The van der Waals surface area contributed by atoms with Crippen LogP contribution in [0.25, 0.3) is 0 Å². The van der Waals surface area contributed by atoms with Crippen molar-refractivity contribution >= 4 is 17.6 Å². The molecule has 0 unspecified atom stereocenters. The molecule has 0 radical (unpaired) electrons. The third-order valence-corrected chi connectivity index (χ3v) is 2.16. The van der Waals surface area contributed by atoms with E-state index in [2.05, 4.69) is 15.0 Å². The lowest BCUT2D eigenvalue weighted by Crippen LogP contribution is -2.27. The number of rotatable bonds is 5. The molecule has 72 valence electrons. The zero-order valence-electron chi connectivity index (χ0n) is 7.38. The largest absolute Gasteiger partial charge is 0.298 e. The molecule has 1 atom stereocenters. The number of nitrogens with zero attached hydrogens (tertiary/aromatic N) is 1. The molecule has 0 aromatic carbocycles. The summed E-state index contributed by atoms with van der Waals surface area (Å²) in [6.45, 7) is 1.74. The van der Waals surface area contributed by atoms with Crippen LogP contribution in [0.1, 0.15) is 19.0 Å². The fourth-order valence-corrected chi connectivity index (χ4v) is 1.08. The highest BCUT2D eigenvalue weighted by atomic mass is 35.5. The van der Waals surface area contributed by atoms with E-state index in [1.807, 2.05) is 6.07 Å². The number of Topliss-reactive ketones (excluding diaryl/α,β-unsaturated/α-hetero) is 1. The van der Waals surface area contributed by atoms with Gasteiger partial charge in [0.2, 0.25) is 0 Å². The Morgan fingerprint density at radius 2 is 2.62 bits per heavy atom. The van der Waals surface area contributed by atoms with Gasteiger partial charge >= 0.3 is 0 Å². The van der Waals surface area contributed by atoms with Crippen molar-refractivity contribution in [3.63, 3.8) is 0 Å². The fraction of sp³-hybridized carbons (Fsp3) is 0.500. The molecule has 0 aliphatic carbocycles. The van der Waals surface area contributed by atoms with Gasteiger partial charge in [0.15, 0.2) is 5.78 Å². The van der Waals surface area contributed by atoms with Gasteiger partial charge < -0.3 is 0 Å². The molecule has 0 bridgehead atoms. The van der Waals surface area contributed by atoms with Gasteiger partial charge in [-0.3, -0.25) is 9.89 Å². The number of carbonyl (C=O) groups is 1. The number of hydrogen-bond donors (Lipinski definition) is 2. The lowest BCUT2D eigenvalue weighted by molar-refractivity contribution is -0.120. The van der Waals surface area contributed by atoms with E-state index < -0.39 is 0 Å². The smallest absolute Gasteiger partial charge is 0.151 e. The normalized spacial score (nSPS) is 12.8. The van der Waals surface area contributed by atoms with E-state index in [0.29, 0.717) is 12.8 Å². The van der Waals surface area contributed by atoms with Crippen molar-refractivity contribution < 1.29 is 4.79 Å². The van der Waals surface area contributed by atoms with Crippen molar-refractivity contribution in [2.45, 2.75) is 25.8 Å². The SMILES string of the molecule is C[C@H](NCl)C(=O)CCc1cc[nH]n1. The fourth-order valence-electron chi connectivity index (χ4n) is 0.959. The van der Waals surface area contributed by atoms with Crippen LogP contribution in [0.5, 0.6) is 0 Å². The first-order valence-electron chi connectivity index (χ1n) is 4.11. The van der Waals surface area contributed by atoms with E-state index in [-0.39, 0.29) is 11.8 Å². The van der Waals surface area contributed by atoms with E-state index in [1.54, 1.807) is 13.1 Å². The lowest BCUT2D eigenvalue weighted by atomic mass is 10.1. The van der Waals surface area contributed by atoms with E-state index in [0.717, 1.165) is 5.69 Å². The highest BCUT2D eigenvalue weighted by molar-refractivity contribution is 6.15. The number of H-pyrrole nitrogens is 1. The molecule has 0 saturated carbocycles. The summed E-state index contributed by atoms with van der Waals surface area (Å²) in [4.78, 5) is 13.7. The third kappa shape index (κ3) is 3.16. The van der Waals surface area contributed by atoms with Crippen molar-refractivity contribution in [1.29, 1.82) is 0 Å². The van der Waals surface area contributed by atoms with Crippen LogP contribution in [-0.4, -0.2) is 22.0 Å². The van der Waals surface area contributed by atoms with Gasteiger partial charge in [0.25, 0.3) is 0 Å². The Balaban J connectivity index is 2.31. The van der Waals surface area contributed by atoms with E-state index in [4.69, 9.17) is 11.8 Å². The summed E-state index contributed by atoms with van der Waals surface area (Å²) in [5.74, 6) is 0.0954. The minimum absolute atomic E-state index is 0.0954. The summed E-state index contributed by atoms with van der Waals surface area (Å²) in [7, 11) is 0. The average molecular weight is 202 g/mol. The second-order valence-electron chi connectivity index (χ2n) is 2.86. The van der Waals surface area contributed by atoms with Gasteiger partial charge in [-0.25, -0.2) is 4.84 Å². The number of hydrogen-bond acceptors (Lipinski definition) is 3. The van der Waals surface area contributed by atoms with Crippen molar-refractivity contribution in [3.05, 3.63) is 18.0 Å². The molecule has 0 amide bonds. The maximum Gasteiger partial charge on any atom is 0.151 e. The predicted molar refractivity (Wildman–Crippen MR) is 50.4 cm³/mol. The summed E-state index contributed by atoms with van der Waals surface area (Å²) in [5.41, 5.74) is 0.898. The summed E-state index contributed by atoms with van der Waals surface area (Å²) in [6.07, 6.45) is 2.86. The van der Waals surface area contributed by atoms with Gasteiger partial charge in [0.1, 0.15) is 0 Å². The van der Waals surface area contributed by atoms with Crippen molar-refractivity contribution in [1.82, 2.24) is 15.0 Å². The molecule has 1 rings (SSSR count). The van der Waals surface area contributed by atoms with E-state index in [1.165, 1.54) is 0 Å². The summed E-state index contributed by atoms with van der Waals surface area (Å²) >= 11 is 5.31. The number of aryl methyl sites for hydroxylation is 1. The molecule has 0 spiro atoms. The molecule has 13 heavy (non-hydrogen) atoms. The van der Waals surface area contributed by atoms with Crippen LogP contribution < -0.4 is 4.84 Å². The molecule has 1 aromatic rings. The van der Waals surface area contributed by atoms with Crippen LogP contribution in [0.15, 0.2) is 12.3 Å². The Labute approximate surface area is 81.8 Å². The number of nitrogens with one attached hydrogen (secondary N) is 2. The predicted octanol–water partition coefficient (Wildman–Crippen LogP) is 1.04. The van der Waals surface area contributed by atoms with Crippen LogP contribution in [0.2, 0.25) is 0 Å². The molecule has 0 fully saturated rings. The summed E-state index contributed by atoms with van der Waals surface area (Å²) < 4.78 is 0. The Kier molecular flexibility index (Phi) is 3.92. The number of carbonyl (C=O) groups excluding carboxylic acids is 1. The molecule has 1 heterocycles. The van der Waals surface area contributed by atoms with Gasteiger partial charge in [-0.15, -0.1) is 0 Å². The van der Waals surface area contributed by atoms with Crippen LogP contribution in [0.4, 0.5) is 0 Å². The maximum atomic E-state index is 11.3. The molecular formula is C8H12ClN3O. The van der Waals surface area contributed by atoms with Gasteiger partial charge in [0.05, 0.1) is 11.7 Å². The second kappa shape index (κ2) is 4.99. The molecule has 1 aromatic heterocycles. The molecule has 5 heteroatoms. The molecule has 0 saturated heterocycles. The monoisotopic (exact) mass is 201 g/mol. The van der Waals surface area contributed by atoms with Crippen molar-refractivity contribution in [2.24, 2.45) is 0 Å². The zero-order chi connectivity index (χ0) is 9.68. The van der Waals surface area contributed by atoms with Crippen LogP contribution in [0, 0.1) is 0 Å². The standard InChI is InChI=1S/C8H12ClN3O/c1-6(11-9)8(13)3-2-7-4-5-10-12-7/h4-6,11H,2-3H2,1H3,(H,10,12)/t6-/m0/s1. The number of aromatic amines is 1. The molecule has 2 N–H and O–H groups in total. The zero-order valence-corrected chi connectivity index (χ0v) is 8.14. The maximum absolute atomic E-state index is 11.3. The van der Waals surface area contributed by atoms with Crippen LogP contribution >= 0.6 is 11.8 Å². The summed E-state index contributed by atoms with van der Waals surface area (Å²) in [5, 5.41) is 6.64. The van der Waals surface area contributed by atoms with Gasteiger partial charge in [-0.2, -0.15) is 5.10 Å². The van der Waals surface area contributed by atoms with Gasteiger partial charge in [-0.05, 0) is 31.2 Å². The minimum atomic E-state index is -0.291. The van der Waals surface area contributed by atoms with Gasteiger partial charge in [0, 0.05) is 12.6 Å². The molecule has 0 aliphatic heterocycles. The average Bonchev–Trinajstić information content (AvgIpc) is 2.65. The topological polar surface area (TPSA) is 57.8 Å². The summed E-state index contributed by atoms with van der Waals surface area (Å²) in [6, 6.07) is 1.56. The first kappa shape index (κ1) is 10.2. The van der Waals surface area contributed by atoms with E-state index in [9.17, 15) is 4.79 Å². The van der Waals surface area contributed by atoms with E-state index >= 15 is 0 Å². The minimum Gasteiger partial charge on any atom is -0.298 e. The Bertz CT molecular complexity index is 260. The Morgan fingerprint density at radius 1 is 1.85 bits per heavy atom. The third-order valence-electron chi connectivity index (χ3n) is 1.83. The molecule has 0 aliphatic rings. The van der Waals surface area contributed by atoms with Gasteiger partial charge in [-0.1, -0.05) is 0 Å². The molecular weight excluding hydrogens is 190 g/mol. The highest BCUT2D eigenvalue weighted by Crippen LogP contribution is 2.00. The Hall–Kier alpha value is -0.870. The first-order valence-corrected chi connectivity index (χ1v) is 4.49. The van der Waals surface area contributed by atoms with Crippen molar-refractivity contribution in [3.8, 4) is 0 Å². The van der Waals surface area contributed by atoms with Crippen molar-refractivity contribution in [2.75, 3.05) is 0 Å². The number of halogens is 1. The highest BCUT2D eigenvalue weighted by Gasteiger charge is 2.11. The second-order valence-corrected chi connectivity index (χ2v) is 3.08. The Morgan fingerprint density at radius 3 is 3.15 bits per heavy atom. The van der Waals surface area contributed by atoms with Crippen LogP contribution in [0.3, 0.4) is 0 Å². The number of ketones is 1. The molecule has 4 nitrogen and oxygen atoms in total.